The fourth-order valence-corrected chi connectivity index (χ4v) is 2.67. The number of nitrogens with zero attached hydrogens (tertiary/aromatic N) is 3. The Labute approximate surface area is 129 Å². The lowest BCUT2D eigenvalue weighted by molar-refractivity contribution is 0.0152. The molecule has 1 atom stereocenters. The van der Waals surface area contributed by atoms with Crippen LogP contribution < -0.4 is 0 Å². The Hall–Kier alpha value is -1.37. The number of para-hydroxylation sites is 1. The molecule has 2 rings (SSSR count). The Morgan fingerprint density at radius 2 is 2.10 bits per heavy atom. The number of ether oxygens (including phenoxy) is 1. The van der Waals surface area contributed by atoms with Crippen LogP contribution in [0.2, 0.25) is 0 Å². The predicted octanol–water partition coefficient (Wildman–Crippen LogP) is 2.45. The van der Waals surface area contributed by atoms with E-state index in [1.165, 1.54) is 11.8 Å². The lowest BCUT2D eigenvalue weighted by Gasteiger charge is -2.13. The van der Waals surface area contributed by atoms with Gasteiger partial charge in [-0.25, -0.2) is 0 Å². The van der Waals surface area contributed by atoms with Crippen molar-refractivity contribution in [2.75, 3.05) is 12.4 Å². The maximum atomic E-state index is 9.91. The normalized spacial score (nSPS) is 12.8. The summed E-state index contributed by atoms with van der Waals surface area (Å²) in [4.78, 5) is 0. The molecule has 1 heterocycles. The second kappa shape index (κ2) is 7.59. The van der Waals surface area contributed by atoms with Crippen LogP contribution >= 0.6 is 11.8 Å². The number of thioether (sulfide) groups is 1. The van der Waals surface area contributed by atoms with Gasteiger partial charge in [0.15, 0.2) is 5.16 Å². The highest BCUT2D eigenvalue weighted by Gasteiger charge is 2.12. The Morgan fingerprint density at radius 3 is 2.81 bits per heavy atom. The molecule has 2 aromatic rings. The molecular formula is C15H21N3O2S. The Bertz CT molecular complexity index is 572. The monoisotopic (exact) mass is 307 g/mol. The summed E-state index contributed by atoms with van der Waals surface area (Å²) >= 11 is 1.48. The highest BCUT2D eigenvalue weighted by molar-refractivity contribution is 7.99. The SMILES string of the molecule is Cc1ccccc1-n1cnnc1SCC(O)COC(C)C. The van der Waals surface area contributed by atoms with Crippen LogP contribution in [-0.4, -0.2) is 44.4 Å². The molecule has 0 radical (unpaired) electrons. The van der Waals surface area contributed by atoms with E-state index in [0.29, 0.717) is 12.4 Å². The van der Waals surface area contributed by atoms with Crippen molar-refractivity contribution in [2.45, 2.75) is 38.1 Å². The van der Waals surface area contributed by atoms with Crippen LogP contribution in [0.5, 0.6) is 0 Å². The topological polar surface area (TPSA) is 60.2 Å². The van der Waals surface area contributed by atoms with E-state index in [1.54, 1.807) is 6.33 Å². The van der Waals surface area contributed by atoms with Gasteiger partial charge in [0.1, 0.15) is 6.33 Å². The van der Waals surface area contributed by atoms with E-state index in [0.717, 1.165) is 16.4 Å². The molecule has 0 bridgehead atoms. The molecule has 1 N–H and O–H groups in total. The highest BCUT2D eigenvalue weighted by atomic mass is 32.2. The molecule has 1 aromatic carbocycles. The molecule has 5 nitrogen and oxygen atoms in total. The number of aliphatic hydroxyl groups is 1. The lowest BCUT2D eigenvalue weighted by atomic mass is 10.2. The summed E-state index contributed by atoms with van der Waals surface area (Å²) in [5, 5.41) is 18.8. The van der Waals surface area contributed by atoms with Gasteiger partial charge in [0, 0.05) is 5.75 Å². The van der Waals surface area contributed by atoms with Gasteiger partial charge in [-0.1, -0.05) is 30.0 Å². The van der Waals surface area contributed by atoms with Crippen molar-refractivity contribution in [3.05, 3.63) is 36.2 Å². The summed E-state index contributed by atoms with van der Waals surface area (Å²) in [6.45, 7) is 6.29. The summed E-state index contributed by atoms with van der Waals surface area (Å²) in [5.41, 5.74) is 2.21. The van der Waals surface area contributed by atoms with Crippen LogP contribution in [0.1, 0.15) is 19.4 Å². The van der Waals surface area contributed by atoms with Crippen LogP contribution in [0.3, 0.4) is 0 Å². The van der Waals surface area contributed by atoms with Crippen molar-refractivity contribution in [2.24, 2.45) is 0 Å². The summed E-state index contributed by atoms with van der Waals surface area (Å²) in [5.74, 6) is 0.525. The molecule has 0 aliphatic heterocycles. The average molecular weight is 307 g/mol. The summed E-state index contributed by atoms with van der Waals surface area (Å²) in [6.07, 6.45) is 1.31. The van der Waals surface area contributed by atoms with E-state index in [2.05, 4.69) is 23.2 Å². The van der Waals surface area contributed by atoms with Crippen LogP contribution in [0, 0.1) is 6.92 Å². The van der Waals surface area contributed by atoms with Gasteiger partial charge in [-0.2, -0.15) is 0 Å². The number of aliphatic hydroxyl groups excluding tert-OH is 1. The predicted molar refractivity (Wildman–Crippen MR) is 83.9 cm³/mol. The third-order valence-electron chi connectivity index (χ3n) is 2.92. The quantitative estimate of drug-likeness (QED) is 0.796. The minimum absolute atomic E-state index is 0.125. The summed E-state index contributed by atoms with van der Waals surface area (Å²) in [6, 6.07) is 8.07. The second-order valence-corrected chi connectivity index (χ2v) is 6.10. The fourth-order valence-electron chi connectivity index (χ4n) is 1.84. The van der Waals surface area contributed by atoms with Crippen LogP contribution in [0.25, 0.3) is 5.69 Å². The third kappa shape index (κ3) is 4.56. The van der Waals surface area contributed by atoms with E-state index in [4.69, 9.17) is 4.74 Å². The molecule has 0 amide bonds. The van der Waals surface area contributed by atoms with Gasteiger partial charge in [-0.15, -0.1) is 10.2 Å². The molecule has 0 fully saturated rings. The number of hydrogen-bond donors (Lipinski definition) is 1. The van der Waals surface area contributed by atoms with E-state index in [1.807, 2.05) is 36.6 Å². The zero-order chi connectivity index (χ0) is 15.2. The maximum absolute atomic E-state index is 9.91. The molecule has 114 valence electrons. The van der Waals surface area contributed by atoms with E-state index in [9.17, 15) is 5.11 Å². The van der Waals surface area contributed by atoms with E-state index >= 15 is 0 Å². The molecule has 21 heavy (non-hydrogen) atoms. The molecule has 1 aromatic heterocycles. The molecule has 0 aliphatic carbocycles. The standard InChI is InChI=1S/C15H21N3O2S/c1-11(2)20-8-13(19)9-21-15-17-16-10-18(15)14-7-5-4-6-12(14)3/h4-7,10-11,13,19H,8-9H2,1-3H3. The van der Waals surface area contributed by atoms with E-state index in [-0.39, 0.29) is 6.10 Å². The Morgan fingerprint density at radius 1 is 1.33 bits per heavy atom. The largest absolute Gasteiger partial charge is 0.390 e. The average Bonchev–Trinajstić information content (AvgIpc) is 2.91. The molecule has 6 heteroatoms. The van der Waals surface area contributed by atoms with Crippen molar-refractivity contribution >= 4 is 11.8 Å². The number of aromatic nitrogens is 3. The van der Waals surface area contributed by atoms with Crippen molar-refractivity contribution < 1.29 is 9.84 Å². The first-order valence-electron chi connectivity index (χ1n) is 6.96. The molecule has 1 unspecified atom stereocenters. The minimum atomic E-state index is -0.514. The van der Waals surface area contributed by atoms with Crippen molar-refractivity contribution in [3.63, 3.8) is 0 Å². The zero-order valence-corrected chi connectivity index (χ0v) is 13.4. The third-order valence-corrected chi connectivity index (χ3v) is 4.01. The summed E-state index contributed by atoms with van der Waals surface area (Å²) < 4.78 is 7.34. The van der Waals surface area contributed by atoms with Crippen molar-refractivity contribution in [1.29, 1.82) is 0 Å². The number of hydrogen-bond acceptors (Lipinski definition) is 5. The second-order valence-electron chi connectivity index (χ2n) is 5.12. The van der Waals surface area contributed by atoms with Gasteiger partial charge in [0.05, 0.1) is 24.5 Å². The Balaban J connectivity index is 2.00. The minimum Gasteiger partial charge on any atom is -0.390 e. The van der Waals surface area contributed by atoms with Gasteiger partial charge in [0.25, 0.3) is 0 Å². The van der Waals surface area contributed by atoms with Crippen LogP contribution in [0.4, 0.5) is 0 Å². The fraction of sp³-hybridized carbons (Fsp3) is 0.467. The first-order valence-corrected chi connectivity index (χ1v) is 7.95. The van der Waals surface area contributed by atoms with Gasteiger partial charge in [0.2, 0.25) is 0 Å². The van der Waals surface area contributed by atoms with Crippen molar-refractivity contribution in [1.82, 2.24) is 14.8 Å². The molecule has 0 spiro atoms. The highest BCUT2D eigenvalue weighted by Crippen LogP contribution is 2.22. The number of benzene rings is 1. The van der Waals surface area contributed by atoms with Crippen LogP contribution in [0.15, 0.2) is 35.7 Å². The van der Waals surface area contributed by atoms with Gasteiger partial charge in [-0.3, -0.25) is 4.57 Å². The van der Waals surface area contributed by atoms with Crippen molar-refractivity contribution in [3.8, 4) is 5.69 Å². The molecule has 0 aliphatic rings. The maximum Gasteiger partial charge on any atom is 0.195 e. The number of rotatable bonds is 7. The van der Waals surface area contributed by atoms with E-state index < -0.39 is 6.10 Å². The lowest BCUT2D eigenvalue weighted by Crippen LogP contribution is -2.20. The molecule has 0 saturated carbocycles. The molecule has 0 saturated heterocycles. The zero-order valence-electron chi connectivity index (χ0n) is 12.6. The van der Waals surface area contributed by atoms with Gasteiger partial charge in [-0.05, 0) is 32.4 Å². The van der Waals surface area contributed by atoms with Gasteiger partial charge >= 0.3 is 0 Å². The Kier molecular flexibility index (Phi) is 5.78. The first kappa shape index (κ1) is 16.0. The van der Waals surface area contributed by atoms with Crippen LogP contribution in [-0.2, 0) is 4.74 Å². The van der Waals surface area contributed by atoms with Gasteiger partial charge < -0.3 is 9.84 Å². The smallest absolute Gasteiger partial charge is 0.195 e. The summed E-state index contributed by atoms with van der Waals surface area (Å²) in [7, 11) is 0. The molecular weight excluding hydrogens is 286 g/mol. The number of aryl methyl sites for hydroxylation is 1. The first-order chi connectivity index (χ1) is 10.1.